The molecule has 76 valence electrons. The summed E-state index contributed by atoms with van der Waals surface area (Å²) in [5.41, 5.74) is 0.342. The van der Waals surface area contributed by atoms with Gasteiger partial charge in [-0.25, -0.2) is 0 Å². The number of hydrogen-bond acceptors (Lipinski definition) is 3. The summed E-state index contributed by atoms with van der Waals surface area (Å²) in [7, 11) is 0. The summed E-state index contributed by atoms with van der Waals surface area (Å²) in [4.78, 5) is 10.8. The zero-order valence-corrected chi connectivity index (χ0v) is 7.55. The van der Waals surface area contributed by atoms with Crippen LogP contribution >= 0.6 is 0 Å². The Morgan fingerprint density at radius 2 is 2.00 bits per heavy atom. The zero-order chi connectivity index (χ0) is 10.6. The molecule has 0 spiro atoms. The van der Waals surface area contributed by atoms with Gasteiger partial charge in [-0.1, -0.05) is 18.2 Å². The fourth-order valence-electron chi connectivity index (χ4n) is 1.32. The van der Waals surface area contributed by atoms with Crippen LogP contribution in [0.25, 0.3) is 0 Å². The number of aliphatic hydroxyl groups is 1. The molecule has 1 rings (SSSR count). The third-order valence-corrected chi connectivity index (χ3v) is 2.03. The Kier molecular flexibility index (Phi) is 3.48. The van der Waals surface area contributed by atoms with Crippen LogP contribution in [0.1, 0.15) is 17.9 Å². The van der Waals surface area contributed by atoms with E-state index in [0.29, 0.717) is 5.56 Å². The molecule has 0 amide bonds. The molecule has 1 atom stereocenters. The number of carbonyl (C=O) groups is 1. The van der Waals surface area contributed by atoms with Gasteiger partial charge in [-0.05, 0) is 12.5 Å². The standard InChI is InChI=1S/C10H12O4/c11-6-5-8(10(13)14)7-3-1-2-4-9(7)12/h1-4,8,11-12H,5-6H2,(H,13,14)/t8-/m1/s1. The molecule has 0 aliphatic carbocycles. The normalized spacial score (nSPS) is 12.4. The van der Waals surface area contributed by atoms with Crippen molar-refractivity contribution in [2.24, 2.45) is 0 Å². The third kappa shape index (κ3) is 2.23. The summed E-state index contributed by atoms with van der Waals surface area (Å²) in [6.07, 6.45) is 0.104. The molecule has 14 heavy (non-hydrogen) atoms. The van der Waals surface area contributed by atoms with Crippen LogP contribution in [0.5, 0.6) is 5.75 Å². The van der Waals surface area contributed by atoms with Crippen LogP contribution in [0, 0.1) is 0 Å². The number of para-hydroxylation sites is 1. The molecule has 4 nitrogen and oxygen atoms in total. The Morgan fingerprint density at radius 3 is 2.50 bits per heavy atom. The lowest BCUT2D eigenvalue weighted by atomic mass is 9.95. The number of aliphatic carboxylic acids is 1. The summed E-state index contributed by atoms with van der Waals surface area (Å²) in [5.74, 6) is -1.94. The van der Waals surface area contributed by atoms with Crippen LogP contribution in [0.3, 0.4) is 0 Å². The van der Waals surface area contributed by atoms with Crippen LogP contribution in [-0.2, 0) is 4.79 Å². The first-order valence-corrected chi connectivity index (χ1v) is 4.28. The van der Waals surface area contributed by atoms with E-state index < -0.39 is 11.9 Å². The molecule has 0 unspecified atom stereocenters. The van der Waals surface area contributed by atoms with Gasteiger partial charge in [0.25, 0.3) is 0 Å². The zero-order valence-electron chi connectivity index (χ0n) is 7.55. The van der Waals surface area contributed by atoms with Gasteiger partial charge < -0.3 is 15.3 Å². The maximum atomic E-state index is 10.8. The van der Waals surface area contributed by atoms with E-state index in [1.165, 1.54) is 6.07 Å². The Bertz CT molecular complexity index is 322. The number of rotatable bonds is 4. The Hall–Kier alpha value is -1.55. The van der Waals surface area contributed by atoms with Crippen molar-refractivity contribution < 1.29 is 20.1 Å². The van der Waals surface area contributed by atoms with Crippen molar-refractivity contribution in [3.63, 3.8) is 0 Å². The second-order valence-electron chi connectivity index (χ2n) is 2.96. The molecule has 0 saturated heterocycles. The smallest absolute Gasteiger partial charge is 0.311 e. The maximum Gasteiger partial charge on any atom is 0.311 e. The number of carboxylic acid groups (broad SMARTS) is 1. The number of phenols is 1. The van der Waals surface area contributed by atoms with Gasteiger partial charge in [0.05, 0.1) is 5.92 Å². The van der Waals surface area contributed by atoms with Crippen LogP contribution < -0.4 is 0 Å². The monoisotopic (exact) mass is 196 g/mol. The first kappa shape index (κ1) is 10.5. The summed E-state index contributed by atoms with van der Waals surface area (Å²) < 4.78 is 0. The number of aliphatic hydroxyl groups excluding tert-OH is 1. The van der Waals surface area contributed by atoms with E-state index in [9.17, 15) is 9.90 Å². The van der Waals surface area contributed by atoms with Crippen molar-refractivity contribution in [2.75, 3.05) is 6.61 Å². The van der Waals surface area contributed by atoms with Gasteiger partial charge in [0, 0.05) is 12.2 Å². The number of aromatic hydroxyl groups is 1. The van der Waals surface area contributed by atoms with Crippen LogP contribution in [-0.4, -0.2) is 27.9 Å². The molecule has 1 aromatic carbocycles. The molecule has 0 fully saturated rings. The molecule has 0 radical (unpaired) electrons. The fraction of sp³-hybridized carbons (Fsp3) is 0.300. The van der Waals surface area contributed by atoms with E-state index in [1.807, 2.05) is 0 Å². The molecule has 1 aromatic rings. The maximum absolute atomic E-state index is 10.8. The molecule has 0 aliphatic rings. The van der Waals surface area contributed by atoms with Crippen LogP contribution in [0.15, 0.2) is 24.3 Å². The minimum Gasteiger partial charge on any atom is -0.508 e. The van der Waals surface area contributed by atoms with Gasteiger partial charge in [-0.15, -0.1) is 0 Å². The molecule has 0 heterocycles. The average Bonchev–Trinajstić information content (AvgIpc) is 2.15. The predicted octanol–water partition coefficient (Wildman–Crippen LogP) is 0.943. The van der Waals surface area contributed by atoms with Crippen molar-refractivity contribution in [1.29, 1.82) is 0 Å². The minimum atomic E-state index is -1.04. The van der Waals surface area contributed by atoms with Crippen molar-refractivity contribution in [2.45, 2.75) is 12.3 Å². The van der Waals surface area contributed by atoms with Gasteiger partial charge in [0.2, 0.25) is 0 Å². The van der Waals surface area contributed by atoms with Crippen LogP contribution in [0.2, 0.25) is 0 Å². The molecule has 3 N–H and O–H groups in total. The van der Waals surface area contributed by atoms with Crippen LogP contribution in [0.4, 0.5) is 0 Å². The van der Waals surface area contributed by atoms with Gasteiger partial charge in [-0.3, -0.25) is 4.79 Å². The molecule has 0 aromatic heterocycles. The lowest BCUT2D eigenvalue weighted by Crippen LogP contribution is -2.13. The average molecular weight is 196 g/mol. The largest absolute Gasteiger partial charge is 0.508 e. The summed E-state index contributed by atoms with van der Waals surface area (Å²) in [6.45, 7) is -0.217. The summed E-state index contributed by atoms with van der Waals surface area (Å²) >= 11 is 0. The second kappa shape index (κ2) is 4.62. The minimum absolute atomic E-state index is 0.0478. The first-order valence-electron chi connectivity index (χ1n) is 4.28. The first-order chi connectivity index (χ1) is 6.66. The van der Waals surface area contributed by atoms with E-state index in [1.54, 1.807) is 18.2 Å². The second-order valence-corrected chi connectivity index (χ2v) is 2.96. The number of carboxylic acids is 1. The van der Waals surface area contributed by atoms with Gasteiger partial charge in [0.15, 0.2) is 0 Å². The third-order valence-electron chi connectivity index (χ3n) is 2.03. The molecule has 4 heteroatoms. The van der Waals surface area contributed by atoms with E-state index in [2.05, 4.69) is 0 Å². The van der Waals surface area contributed by atoms with E-state index in [0.717, 1.165) is 0 Å². The lowest BCUT2D eigenvalue weighted by Gasteiger charge is -2.12. The summed E-state index contributed by atoms with van der Waals surface area (Å²) in [5, 5.41) is 27.0. The number of phenolic OH excluding ortho intramolecular Hbond substituents is 1. The molecular weight excluding hydrogens is 184 g/mol. The summed E-state index contributed by atoms with van der Waals surface area (Å²) in [6, 6.07) is 6.26. The lowest BCUT2D eigenvalue weighted by molar-refractivity contribution is -0.139. The van der Waals surface area contributed by atoms with Gasteiger partial charge in [-0.2, -0.15) is 0 Å². The van der Waals surface area contributed by atoms with Gasteiger partial charge >= 0.3 is 5.97 Å². The molecule has 0 saturated carbocycles. The molecule has 0 bridgehead atoms. The highest BCUT2D eigenvalue weighted by Gasteiger charge is 2.21. The highest BCUT2D eigenvalue weighted by atomic mass is 16.4. The van der Waals surface area contributed by atoms with Crippen molar-refractivity contribution >= 4 is 5.97 Å². The number of benzene rings is 1. The quantitative estimate of drug-likeness (QED) is 0.669. The van der Waals surface area contributed by atoms with E-state index in [-0.39, 0.29) is 18.8 Å². The topological polar surface area (TPSA) is 77.8 Å². The molecule has 0 aliphatic heterocycles. The van der Waals surface area contributed by atoms with Crippen molar-refractivity contribution in [1.82, 2.24) is 0 Å². The van der Waals surface area contributed by atoms with Gasteiger partial charge in [0.1, 0.15) is 5.75 Å². The van der Waals surface area contributed by atoms with E-state index in [4.69, 9.17) is 10.2 Å². The SMILES string of the molecule is O=C(O)[C@H](CCO)c1ccccc1O. The Labute approximate surface area is 81.4 Å². The number of hydrogen-bond donors (Lipinski definition) is 3. The highest BCUT2D eigenvalue weighted by Crippen LogP contribution is 2.27. The highest BCUT2D eigenvalue weighted by molar-refractivity contribution is 5.77. The van der Waals surface area contributed by atoms with Crippen molar-refractivity contribution in [3.05, 3.63) is 29.8 Å². The van der Waals surface area contributed by atoms with E-state index >= 15 is 0 Å². The predicted molar refractivity (Wildman–Crippen MR) is 50.2 cm³/mol. The Balaban J connectivity index is 2.99. The fourth-order valence-corrected chi connectivity index (χ4v) is 1.32. The molecular formula is C10H12O4. The van der Waals surface area contributed by atoms with Crippen molar-refractivity contribution in [3.8, 4) is 5.75 Å². The Morgan fingerprint density at radius 1 is 1.36 bits per heavy atom.